The number of Topliss-reactive ketones (excluding diaryl/α,β-unsaturated/α-hetero) is 1. The number of aromatic amines is 1. The Labute approximate surface area is 161 Å². The van der Waals surface area contributed by atoms with Gasteiger partial charge in [0, 0.05) is 5.69 Å². The normalized spacial score (nSPS) is 12.8. The first-order valence-electron chi connectivity index (χ1n) is 8.53. The van der Waals surface area contributed by atoms with Crippen LogP contribution in [0.25, 0.3) is 0 Å². The van der Waals surface area contributed by atoms with Gasteiger partial charge in [0.15, 0.2) is 11.9 Å². The number of hydrogen-bond donors (Lipinski definition) is 2. The number of methoxy groups -OCH3 is 1. The van der Waals surface area contributed by atoms with E-state index in [2.05, 4.69) is 10.3 Å². The molecule has 0 aliphatic rings. The highest BCUT2D eigenvalue weighted by molar-refractivity contribution is 6.04. The number of esters is 2. The van der Waals surface area contributed by atoms with E-state index >= 15 is 0 Å². The number of hydrogen-bond acceptors (Lipinski definition) is 7. The molecule has 9 nitrogen and oxygen atoms in total. The molecule has 150 valence electrons. The molecule has 2 aromatic rings. The summed E-state index contributed by atoms with van der Waals surface area (Å²) in [6.07, 6.45) is 0.208. The summed E-state index contributed by atoms with van der Waals surface area (Å²) in [5, 5.41) is 2.43. The summed E-state index contributed by atoms with van der Waals surface area (Å²) in [5.74, 6) is -2.38. The minimum Gasteiger partial charge on any atom is -0.465 e. The smallest absolute Gasteiger partial charge is 0.339 e. The second-order valence-electron chi connectivity index (χ2n) is 6.23. The molecule has 0 aliphatic carbocycles. The number of furan rings is 1. The number of H-pyrrole nitrogens is 1. The van der Waals surface area contributed by atoms with Gasteiger partial charge in [-0.25, -0.2) is 9.59 Å². The number of ketones is 1. The average Bonchev–Trinajstić information content (AvgIpc) is 3.28. The van der Waals surface area contributed by atoms with Crippen molar-refractivity contribution in [2.45, 2.75) is 39.8 Å². The number of carbonyl (C=O) groups excluding carboxylic acids is 4. The molecule has 28 heavy (non-hydrogen) atoms. The van der Waals surface area contributed by atoms with Crippen LogP contribution in [0.2, 0.25) is 0 Å². The third-order valence-electron chi connectivity index (χ3n) is 4.18. The molecule has 2 atom stereocenters. The Bertz CT molecular complexity index is 896. The number of amides is 1. The van der Waals surface area contributed by atoms with Gasteiger partial charge in [-0.1, -0.05) is 0 Å². The van der Waals surface area contributed by atoms with Crippen LogP contribution < -0.4 is 5.32 Å². The van der Waals surface area contributed by atoms with Crippen LogP contribution in [0.5, 0.6) is 0 Å². The maximum Gasteiger partial charge on any atom is 0.339 e. The summed E-state index contributed by atoms with van der Waals surface area (Å²) in [5.41, 5.74) is 1.32. The zero-order valence-electron chi connectivity index (χ0n) is 16.2. The van der Waals surface area contributed by atoms with Crippen molar-refractivity contribution >= 4 is 23.6 Å². The average molecular weight is 390 g/mol. The Morgan fingerprint density at radius 1 is 1.18 bits per heavy atom. The zero-order chi connectivity index (χ0) is 21.0. The number of aromatic nitrogens is 1. The third-order valence-corrected chi connectivity index (χ3v) is 4.18. The fourth-order valence-electron chi connectivity index (χ4n) is 2.67. The van der Waals surface area contributed by atoms with Gasteiger partial charge in [-0.3, -0.25) is 9.59 Å². The molecule has 0 aliphatic heterocycles. The van der Waals surface area contributed by atoms with Gasteiger partial charge in [0.05, 0.1) is 24.6 Å². The van der Waals surface area contributed by atoms with Crippen LogP contribution in [0.15, 0.2) is 22.8 Å². The van der Waals surface area contributed by atoms with Gasteiger partial charge < -0.3 is 24.2 Å². The molecule has 2 rings (SSSR count). The highest BCUT2D eigenvalue weighted by Gasteiger charge is 2.29. The van der Waals surface area contributed by atoms with E-state index in [1.165, 1.54) is 33.3 Å². The first-order valence-corrected chi connectivity index (χ1v) is 8.53. The van der Waals surface area contributed by atoms with Crippen molar-refractivity contribution < 1.29 is 33.1 Å². The quantitative estimate of drug-likeness (QED) is 0.546. The molecule has 0 fully saturated rings. The maximum atomic E-state index is 12.6. The monoisotopic (exact) mass is 390 g/mol. The fraction of sp³-hybridized carbons (Fsp3) is 0.368. The van der Waals surface area contributed by atoms with E-state index < -0.39 is 35.8 Å². The lowest BCUT2D eigenvalue weighted by molar-refractivity contribution is -0.148. The molecule has 0 saturated carbocycles. The van der Waals surface area contributed by atoms with Gasteiger partial charge in [0.25, 0.3) is 5.91 Å². The predicted octanol–water partition coefficient (Wildman–Crippen LogP) is 1.94. The van der Waals surface area contributed by atoms with Crippen LogP contribution in [0, 0.1) is 13.8 Å². The molecule has 9 heteroatoms. The summed E-state index contributed by atoms with van der Waals surface area (Å²) >= 11 is 0. The highest BCUT2D eigenvalue weighted by Crippen LogP contribution is 2.21. The number of nitrogens with one attached hydrogen (secondary N) is 2. The summed E-state index contributed by atoms with van der Waals surface area (Å²) in [4.78, 5) is 51.4. The van der Waals surface area contributed by atoms with Crippen LogP contribution in [0.1, 0.15) is 56.5 Å². The van der Waals surface area contributed by atoms with Crippen LogP contribution in [0.3, 0.4) is 0 Å². The standard InChI is InChI=1S/C19H22N2O7/c1-9-14(19(25)26-5)10(2)20-15(9)16(22)12(4)28-18(24)11(3)21-17(23)13-7-6-8-27-13/h6-8,11-12,20H,1-5H3,(H,21,23)/t11-,12-/m0/s1. The Kier molecular flexibility index (Phi) is 6.40. The molecule has 2 N–H and O–H groups in total. The molecule has 0 aromatic carbocycles. The molecule has 0 radical (unpaired) electrons. The first-order chi connectivity index (χ1) is 13.2. The van der Waals surface area contributed by atoms with E-state index in [0.717, 1.165) is 0 Å². The Balaban J connectivity index is 2.04. The Morgan fingerprint density at radius 3 is 2.43 bits per heavy atom. The minimum absolute atomic E-state index is 0.0524. The van der Waals surface area contributed by atoms with Gasteiger partial charge in [-0.05, 0) is 45.4 Å². The van der Waals surface area contributed by atoms with Crippen molar-refractivity contribution in [2.24, 2.45) is 0 Å². The molecular formula is C19H22N2O7. The van der Waals surface area contributed by atoms with Crippen molar-refractivity contribution in [1.29, 1.82) is 0 Å². The molecule has 0 unspecified atom stereocenters. The van der Waals surface area contributed by atoms with E-state index in [0.29, 0.717) is 11.3 Å². The minimum atomic E-state index is -1.13. The molecule has 0 saturated heterocycles. The number of ether oxygens (including phenoxy) is 2. The fourth-order valence-corrected chi connectivity index (χ4v) is 2.67. The van der Waals surface area contributed by atoms with Crippen LogP contribution in [-0.4, -0.2) is 47.9 Å². The highest BCUT2D eigenvalue weighted by atomic mass is 16.5. The van der Waals surface area contributed by atoms with Crippen molar-refractivity contribution in [2.75, 3.05) is 7.11 Å². The lowest BCUT2D eigenvalue weighted by Crippen LogP contribution is -2.41. The van der Waals surface area contributed by atoms with E-state index in [9.17, 15) is 19.2 Å². The largest absolute Gasteiger partial charge is 0.465 e. The lowest BCUT2D eigenvalue weighted by Gasteiger charge is -2.16. The van der Waals surface area contributed by atoms with E-state index in [1.54, 1.807) is 19.9 Å². The summed E-state index contributed by atoms with van der Waals surface area (Å²) in [7, 11) is 1.25. The SMILES string of the molecule is COC(=O)c1c(C)[nH]c(C(=O)[C@H](C)OC(=O)[C@H](C)NC(=O)c2ccco2)c1C. The summed E-state index contributed by atoms with van der Waals surface area (Å²) < 4.78 is 14.8. The van der Waals surface area contributed by atoms with Gasteiger partial charge in [-0.15, -0.1) is 0 Å². The van der Waals surface area contributed by atoms with E-state index in [4.69, 9.17) is 13.9 Å². The molecule has 2 heterocycles. The van der Waals surface area contributed by atoms with E-state index in [1.807, 2.05) is 0 Å². The Morgan fingerprint density at radius 2 is 1.86 bits per heavy atom. The summed E-state index contributed by atoms with van der Waals surface area (Å²) in [6, 6.07) is 2.00. The Hall–Kier alpha value is -3.36. The predicted molar refractivity (Wildman–Crippen MR) is 97.1 cm³/mol. The number of carbonyl (C=O) groups is 4. The first kappa shape index (κ1) is 20.9. The molecule has 0 bridgehead atoms. The second kappa shape index (κ2) is 8.55. The molecule has 2 aromatic heterocycles. The molecular weight excluding hydrogens is 368 g/mol. The summed E-state index contributed by atoms with van der Waals surface area (Å²) in [6.45, 7) is 6.08. The molecule has 0 spiro atoms. The van der Waals surface area contributed by atoms with Crippen molar-refractivity contribution in [3.8, 4) is 0 Å². The number of aryl methyl sites for hydroxylation is 1. The van der Waals surface area contributed by atoms with Crippen molar-refractivity contribution in [3.05, 3.63) is 46.7 Å². The van der Waals surface area contributed by atoms with Gasteiger partial charge in [-0.2, -0.15) is 0 Å². The zero-order valence-corrected chi connectivity index (χ0v) is 16.2. The lowest BCUT2D eigenvalue weighted by atomic mass is 10.1. The maximum absolute atomic E-state index is 12.6. The van der Waals surface area contributed by atoms with Crippen molar-refractivity contribution in [3.63, 3.8) is 0 Å². The van der Waals surface area contributed by atoms with Crippen LogP contribution in [0.4, 0.5) is 0 Å². The third kappa shape index (κ3) is 4.30. The second-order valence-corrected chi connectivity index (χ2v) is 6.23. The van der Waals surface area contributed by atoms with Crippen LogP contribution in [-0.2, 0) is 14.3 Å². The molecule has 1 amide bonds. The van der Waals surface area contributed by atoms with Crippen LogP contribution >= 0.6 is 0 Å². The van der Waals surface area contributed by atoms with Gasteiger partial charge in [0.2, 0.25) is 5.78 Å². The number of rotatable bonds is 7. The van der Waals surface area contributed by atoms with Gasteiger partial charge in [0.1, 0.15) is 6.04 Å². The topological polar surface area (TPSA) is 128 Å². The van der Waals surface area contributed by atoms with E-state index in [-0.39, 0.29) is 17.0 Å². The van der Waals surface area contributed by atoms with Crippen molar-refractivity contribution in [1.82, 2.24) is 10.3 Å². The van der Waals surface area contributed by atoms with Gasteiger partial charge >= 0.3 is 11.9 Å².